The topological polar surface area (TPSA) is 54.3 Å². The van der Waals surface area contributed by atoms with E-state index in [4.69, 9.17) is 4.42 Å². The van der Waals surface area contributed by atoms with Gasteiger partial charge in [0.25, 0.3) is 0 Å². The SMILES string of the molecule is CC(CCc1ccco1)NC(=O)CCC1CCNCC1. The fraction of sp³-hybridized carbons (Fsp3) is 0.688. The van der Waals surface area contributed by atoms with Crippen LogP contribution in [0.25, 0.3) is 0 Å². The minimum atomic E-state index is 0.190. The van der Waals surface area contributed by atoms with Gasteiger partial charge >= 0.3 is 0 Å². The van der Waals surface area contributed by atoms with Crippen LogP contribution in [0, 0.1) is 5.92 Å². The molecule has 1 amide bonds. The van der Waals surface area contributed by atoms with E-state index in [0.29, 0.717) is 6.42 Å². The summed E-state index contributed by atoms with van der Waals surface area (Å²) >= 11 is 0. The Morgan fingerprint density at radius 2 is 2.30 bits per heavy atom. The van der Waals surface area contributed by atoms with Crippen LogP contribution in [0.1, 0.15) is 44.8 Å². The van der Waals surface area contributed by atoms with Crippen molar-refractivity contribution in [2.24, 2.45) is 5.92 Å². The van der Waals surface area contributed by atoms with Crippen molar-refractivity contribution in [1.82, 2.24) is 10.6 Å². The van der Waals surface area contributed by atoms with Crippen LogP contribution in [-0.2, 0) is 11.2 Å². The standard InChI is InChI=1S/C16H26N2O2/c1-13(4-6-15-3-2-12-20-15)18-16(19)7-5-14-8-10-17-11-9-14/h2-3,12-14,17H,4-11H2,1H3,(H,18,19). The molecule has 0 saturated carbocycles. The van der Waals surface area contributed by atoms with Crippen LogP contribution in [0.3, 0.4) is 0 Å². The summed E-state index contributed by atoms with van der Waals surface area (Å²) in [7, 11) is 0. The zero-order valence-corrected chi connectivity index (χ0v) is 12.4. The van der Waals surface area contributed by atoms with Gasteiger partial charge in [-0.3, -0.25) is 4.79 Å². The van der Waals surface area contributed by atoms with Gasteiger partial charge in [-0.05, 0) is 63.7 Å². The number of piperidine rings is 1. The van der Waals surface area contributed by atoms with Crippen LogP contribution >= 0.6 is 0 Å². The first-order valence-electron chi connectivity index (χ1n) is 7.76. The monoisotopic (exact) mass is 278 g/mol. The zero-order chi connectivity index (χ0) is 14.2. The third kappa shape index (κ3) is 5.37. The molecule has 0 spiro atoms. The Hall–Kier alpha value is -1.29. The first-order valence-corrected chi connectivity index (χ1v) is 7.76. The number of rotatable bonds is 7. The number of carbonyl (C=O) groups excluding carboxylic acids is 1. The molecule has 2 rings (SSSR count). The van der Waals surface area contributed by atoms with E-state index in [-0.39, 0.29) is 11.9 Å². The van der Waals surface area contributed by atoms with Gasteiger partial charge in [-0.15, -0.1) is 0 Å². The third-order valence-electron chi connectivity index (χ3n) is 4.05. The molecule has 0 aliphatic carbocycles. The highest BCUT2D eigenvalue weighted by atomic mass is 16.3. The molecule has 1 saturated heterocycles. The second kappa shape index (κ2) is 8.10. The number of hydrogen-bond donors (Lipinski definition) is 2. The van der Waals surface area contributed by atoms with E-state index < -0.39 is 0 Å². The summed E-state index contributed by atoms with van der Waals surface area (Å²) in [5, 5.41) is 6.44. The highest BCUT2D eigenvalue weighted by molar-refractivity contribution is 5.76. The quantitative estimate of drug-likeness (QED) is 0.805. The lowest BCUT2D eigenvalue weighted by molar-refractivity contribution is -0.122. The van der Waals surface area contributed by atoms with Gasteiger partial charge in [-0.2, -0.15) is 0 Å². The summed E-state index contributed by atoms with van der Waals surface area (Å²) in [4.78, 5) is 11.9. The Bertz CT molecular complexity index is 383. The summed E-state index contributed by atoms with van der Waals surface area (Å²) in [6, 6.07) is 4.09. The largest absolute Gasteiger partial charge is 0.469 e. The van der Waals surface area contributed by atoms with Gasteiger partial charge < -0.3 is 15.1 Å². The summed E-state index contributed by atoms with van der Waals surface area (Å²) in [5.74, 6) is 1.90. The van der Waals surface area contributed by atoms with Crippen LogP contribution < -0.4 is 10.6 Å². The molecule has 1 aromatic rings. The van der Waals surface area contributed by atoms with Crippen molar-refractivity contribution in [2.75, 3.05) is 13.1 Å². The number of aryl methyl sites for hydroxylation is 1. The Morgan fingerprint density at radius 3 is 3.00 bits per heavy atom. The predicted molar refractivity (Wildman–Crippen MR) is 79.5 cm³/mol. The summed E-state index contributed by atoms with van der Waals surface area (Å²) in [6.45, 7) is 4.27. The summed E-state index contributed by atoms with van der Waals surface area (Å²) in [5.41, 5.74) is 0. The minimum Gasteiger partial charge on any atom is -0.469 e. The van der Waals surface area contributed by atoms with Crippen LogP contribution in [0.4, 0.5) is 0 Å². The Balaban J connectivity index is 1.58. The van der Waals surface area contributed by atoms with Gasteiger partial charge in [-0.1, -0.05) is 0 Å². The van der Waals surface area contributed by atoms with Crippen LogP contribution in [-0.4, -0.2) is 25.0 Å². The second-order valence-corrected chi connectivity index (χ2v) is 5.82. The van der Waals surface area contributed by atoms with E-state index in [1.54, 1.807) is 6.26 Å². The average molecular weight is 278 g/mol. The normalized spacial score (nSPS) is 17.9. The van der Waals surface area contributed by atoms with E-state index in [2.05, 4.69) is 17.6 Å². The number of nitrogens with one attached hydrogen (secondary N) is 2. The van der Waals surface area contributed by atoms with Crippen molar-refractivity contribution in [1.29, 1.82) is 0 Å². The van der Waals surface area contributed by atoms with Gasteiger partial charge in [0.1, 0.15) is 5.76 Å². The van der Waals surface area contributed by atoms with E-state index in [1.807, 2.05) is 12.1 Å². The molecule has 0 radical (unpaired) electrons. The molecule has 1 aromatic heterocycles. The van der Waals surface area contributed by atoms with Crippen molar-refractivity contribution in [2.45, 2.75) is 51.5 Å². The van der Waals surface area contributed by atoms with Gasteiger partial charge in [0.2, 0.25) is 5.91 Å². The number of furan rings is 1. The molecule has 4 nitrogen and oxygen atoms in total. The summed E-state index contributed by atoms with van der Waals surface area (Å²) in [6.07, 6.45) is 7.60. The predicted octanol–water partition coefficient (Wildman–Crippen LogP) is 2.50. The second-order valence-electron chi connectivity index (χ2n) is 5.82. The molecule has 112 valence electrons. The molecule has 1 unspecified atom stereocenters. The third-order valence-corrected chi connectivity index (χ3v) is 4.05. The van der Waals surface area contributed by atoms with Gasteiger partial charge in [0.05, 0.1) is 6.26 Å². The van der Waals surface area contributed by atoms with Gasteiger partial charge in [-0.25, -0.2) is 0 Å². The molecule has 1 aliphatic rings. The smallest absolute Gasteiger partial charge is 0.220 e. The lowest BCUT2D eigenvalue weighted by Gasteiger charge is -2.22. The van der Waals surface area contributed by atoms with Crippen molar-refractivity contribution in [3.63, 3.8) is 0 Å². The van der Waals surface area contributed by atoms with E-state index in [9.17, 15) is 4.79 Å². The van der Waals surface area contributed by atoms with Crippen LogP contribution in [0.2, 0.25) is 0 Å². The molecule has 0 bridgehead atoms. The highest BCUT2D eigenvalue weighted by Gasteiger charge is 2.15. The molecule has 1 aliphatic heterocycles. The fourth-order valence-corrected chi connectivity index (χ4v) is 2.74. The van der Waals surface area contributed by atoms with Crippen LogP contribution in [0.5, 0.6) is 0 Å². The maximum atomic E-state index is 11.9. The Labute approximate surface area is 121 Å². The molecular formula is C16H26N2O2. The maximum absolute atomic E-state index is 11.9. The fourth-order valence-electron chi connectivity index (χ4n) is 2.74. The zero-order valence-electron chi connectivity index (χ0n) is 12.4. The first kappa shape index (κ1) is 15.1. The summed E-state index contributed by atoms with van der Waals surface area (Å²) < 4.78 is 5.30. The van der Waals surface area contributed by atoms with E-state index in [1.165, 1.54) is 12.8 Å². The molecule has 2 heterocycles. The van der Waals surface area contributed by atoms with Gasteiger partial charge in [0, 0.05) is 18.9 Å². The maximum Gasteiger partial charge on any atom is 0.220 e. The van der Waals surface area contributed by atoms with Crippen LogP contribution in [0.15, 0.2) is 22.8 Å². The lowest BCUT2D eigenvalue weighted by Crippen LogP contribution is -2.34. The van der Waals surface area contributed by atoms with E-state index >= 15 is 0 Å². The molecule has 0 aromatic carbocycles. The average Bonchev–Trinajstić information content (AvgIpc) is 2.97. The highest BCUT2D eigenvalue weighted by Crippen LogP contribution is 2.17. The molecule has 2 N–H and O–H groups in total. The Morgan fingerprint density at radius 1 is 1.50 bits per heavy atom. The van der Waals surface area contributed by atoms with Crippen molar-refractivity contribution < 1.29 is 9.21 Å². The Kier molecular flexibility index (Phi) is 6.12. The number of amides is 1. The molecule has 4 heteroatoms. The minimum absolute atomic E-state index is 0.190. The van der Waals surface area contributed by atoms with E-state index in [0.717, 1.165) is 44.0 Å². The van der Waals surface area contributed by atoms with Gasteiger partial charge in [0.15, 0.2) is 0 Å². The lowest BCUT2D eigenvalue weighted by atomic mass is 9.93. The number of carbonyl (C=O) groups is 1. The first-order chi connectivity index (χ1) is 9.74. The molecule has 1 atom stereocenters. The molecule has 1 fully saturated rings. The van der Waals surface area contributed by atoms with Crippen molar-refractivity contribution >= 4 is 5.91 Å². The molecular weight excluding hydrogens is 252 g/mol. The van der Waals surface area contributed by atoms with Crippen molar-refractivity contribution in [3.05, 3.63) is 24.2 Å². The molecule has 20 heavy (non-hydrogen) atoms. The van der Waals surface area contributed by atoms with Crippen molar-refractivity contribution in [3.8, 4) is 0 Å². The number of hydrogen-bond acceptors (Lipinski definition) is 3.